The number of aryl methyl sites for hydroxylation is 2. The van der Waals surface area contributed by atoms with Gasteiger partial charge in [-0.05, 0) is 91.2 Å². The number of thioether (sulfide) groups is 1. The van der Waals surface area contributed by atoms with Crippen molar-refractivity contribution in [3.05, 3.63) is 87.8 Å². The number of imide groups is 1. The van der Waals surface area contributed by atoms with E-state index in [1.54, 1.807) is 24.3 Å². The second-order valence-electron chi connectivity index (χ2n) is 8.99. The molecule has 1 aliphatic rings. The van der Waals surface area contributed by atoms with Crippen molar-refractivity contribution in [3.63, 3.8) is 0 Å². The molecule has 0 unspecified atom stereocenters. The van der Waals surface area contributed by atoms with Gasteiger partial charge in [-0.25, -0.2) is 0 Å². The molecule has 202 valence electrons. The van der Waals surface area contributed by atoms with Crippen LogP contribution < -0.4 is 19.5 Å². The number of methoxy groups -OCH3 is 1. The van der Waals surface area contributed by atoms with Gasteiger partial charge in [0.05, 0.1) is 18.6 Å². The van der Waals surface area contributed by atoms with Gasteiger partial charge in [-0.3, -0.25) is 19.3 Å². The van der Waals surface area contributed by atoms with Crippen LogP contribution in [0.3, 0.4) is 0 Å². The Morgan fingerprint density at radius 2 is 1.77 bits per heavy atom. The fourth-order valence-electron chi connectivity index (χ4n) is 3.91. The van der Waals surface area contributed by atoms with Gasteiger partial charge in [0.15, 0.2) is 18.1 Å². The minimum absolute atomic E-state index is 0.149. The molecule has 1 saturated heterocycles. The van der Waals surface area contributed by atoms with Gasteiger partial charge in [0.2, 0.25) is 0 Å². The molecule has 1 N–H and O–H groups in total. The fraction of sp³-hybridized carbons (Fsp3) is 0.233. The molecule has 0 saturated carbocycles. The summed E-state index contributed by atoms with van der Waals surface area (Å²) in [5, 5.41) is 2.51. The third-order valence-electron chi connectivity index (χ3n) is 6.17. The highest BCUT2D eigenvalue weighted by atomic mass is 32.2. The maximum atomic E-state index is 12.9. The summed E-state index contributed by atoms with van der Waals surface area (Å²) in [6, 6.07) is 18.4. The molecular weight excluding hydrogens is 516 g/mol. The second-order valence-corrected chi connectivity index (χ2v) is 9.99. The van der Waals surface area contributed by atoms with Gasteiger partial charge in [-0.2, -0.15) is 0 Å². The van der Waals surface area contributed by atoms with Gasteiger partial charge in [-0.15, -0.1) is 0 Å². The number of nitrogens with one attached hydrogen (secondary N) is 1. The maximum absolute atomic E-state index is 12.9. The molecular formula is C30H30N2O6S. The molecule has 0 aromatic heterocycles. The molecule has 0 bridgehead atoms. The molecule has 39 heavy (non-hydrogen) atoms. The van der Waals surface area contributed by atoms with Crippen LogP contribution in [-0.4, -0.2) is 48.8 Å². The second kappa shape index (κ2) is 12.5. The molecule has 0 spiro atoms. The van der Waals surface area contributed by atoms with Crippen LogP contribution in [0.15, 0.2) is 65.6 Å². The Kier molecular flexibility index (Phi) is 8.93. The van der Waals surface area contributed by atoms with Crippen LogP contribution in [0.4, 0.5) is 10.5 Å². The van der Waals surface area contributed by atoms with Crippen molar-refractivity contribution >= 4 is 40.6 Å². The lowest BCUT2D eigenvalue weighted by Crippen LogP contribution is -2.32. The first kappa shape index (κ1) is 27.8. The normalized spacial score (nSPS) is 14.1. The van der Waals surface area contributed by atoms with Crippen molar-refractivity contribution in [2.24, 2.45) is 0 Å². The Morgan fingerprint density at radius 3 is 2.54 bits per heavy atom. The Hall–Kier alpha value is -4.24. The lowest BCUT2D eigenvalue weighted by molar-refractivity contribution is -0.123. The van der Waals surface area contributed by atoms with Crippen molar-refractivity contribution in [2.45, 2.75) is 20.8 Å². The molecule has 9 heteroatoms. The highest BCUT2D eigenvalue weighted by Gasteiger charge is 2.34. The molecule has 3 amide bonds. The minimum Gasteiger partial charge on any atom is -0.493 e. The van der Waals surface area contributed by atoms with E-state index in [1.807, 2.05) is 63.2 Å². The third kappa shape index (κ3) is 7.00. The van der Waals surface area contributed by atoms with E-state index in [1.165, 1.54) is 12.0 Å². The van der Waals surface area contributed by atoms with Crippen molar-refractivity contribution in [1.29, 1.82) is 0 Å². The van der Waals surface area contributed by atoms with Crippen LogP contribution in [0.5, 0.6) is 17.2 Å². The number of amides is 3. The third-order valence-corrected chi connectivity index (χ3v) is 7.08. The summed E-state index contributed by atoms with van der Waals surface area (Å²) < 4.78 is 16.8. The number of carbonyl (C=O) groups excluding carboxylic acids is 3. The zero-order valence-corrected chi connectivity index (χ0v) is 23.1. The molecule has 0 radical (unpaired) electrons. The van der Waals surface area contributed by atoms with Crippen molar-refractivity contribution in [1.82, 2.24) is 4.90 Å². The zero-order chi connectivity index (χ0) is 27.9. The lowest BCUT2D eigenvalue weighted by Gasteiger charge is -2.14. The highest BCUT2D eigenvalue weighted by molar-refractivity contribution is 8.18. The topological polar surface area (TPSA) is 94.2 Å². The zero-order valence-electron chi connectivity index (χ0n) is 22.3. The Bertz CT molecular complexity index is 1430. The quantitative estimate of drug-likeness (QED) is 0.324. The largest absolute Gasteiger partial charge is 0.493 e. The van der Waals surface area contributed by atoms with E-state index in [0.29, 0.717) is 27.7 Å². The number of hydrogen-bond acceptors (Lipinski definition) is 7. The molecule has 0 aliphatic carbocycles. The van der Waals surface area contributed by atoms with Crippen LogP contribution in [-0.2, 0) is 9.59 Å². The molecule has 1 heterocycles. The van der Waals surface area contributed by atoms with E-state index in [2.05, 4.69) is 5.32 Å². The average Bonchev–Trinajstić information content (AvgIpc) is 3.17. The maximum Gasteiger partial charge on any atom is 0.293 e. The smallest absolute Gasteiger partial charge is 0.293 e. The van der Waals surface area contributed by atoms with E-state index in [-0.39, 0.29) is 36.8 Å². The number of anilines is 1. The van der Waals surface area contributed by atoms with Crippen LogP contribution in [0.1, 0.15) is 22.3 Å². The Labute approximate surface area is 231 Å². The molecule has 3 aromatic rings. The van der Waals surface area contributed by atoms with Crippen molar-refractivity contribution < 1.29 is 28.6 Å². The summed E-state index contributed by atoms with van der Waals surface area (Å²) >= 11 is 0.878. The lowest BCUT2D eigenvalue weighted by atomic mass is 10.1. The molecule has 4 rings (SSSR count). The van der Waals surface area contributed by atoms with Gasteiger partial charge in [-0.1, -0.05) is 30.3 Å². The van der Waals surface area contributed by atoms with Crippen LogP contribution in [0.2, 0.25) is 0 Å². The van der Waals surface area contributed by atoms with Gasteiger partial charge in [0.1, 0.15) is 12.4 Å². The van der Waals surface area contributed by atoms with Crippen LogP contribution >= 0.6 is 11.8 Å². The highest BCUT2D eigenvalue weighted by Crippen LogP contribution is 2.34. The number of ether oxygens (including phenoxy) is 3. The van der Waals surface area contributed by atoms with E-state index in [4.69, 9.17) is 14.2 Å². The van der Waals surface area contributed by atoms with Gasteiger partial charge in [0.25, 0.3) is 17.1 Å². The SMILES string of the molecule is COc1cc(/C=C2\SC(=O)N(CCOc3cccc(C)c3)C2=O)ccc1OCC(=O)Nc1cccc(C)c1C. The summed E-state index contributed by atoms with van der Waals surface area (Å²) in [5.41, 5.74) is 4.53. The van der Waals surface area contributed by atoms with Crippen LogP contribution in [0, 0.1) is 20.8 Å². The van der Waals surface area contributed by atoms with Gasteiger partial charge >= 0.3 is 0 Å². The average molecular weight is 547 g/mol. The summed E-state index contributed by atoms with van der Waals surface area (Å²) in [6.45, 7) is 6.04. The number of nitrogens with zero attached hydrogens (tertiary/aromatic N) is 1. The monoisotopic (exact) mass is 546 g/mol. The predicted molar refractivity (Wildman–Crippen MR) is 152 cm³/mol. The standard InChI is InChI=1S/C30H30N2O6S/c1-19-7-5-9-23(15-19)37-14-13-32-29(34)27(39-30(32)35)17-22-11-12-25(26(16-22)36-4)38-18-28(33)31-24-10-6-8-20(2)21(24)3/h5-12,15-17H,13-14,18H2,1-4H3,(H,31,33)/b27-17-. The molecule has 1 fully saturated rings. The van der Waals surface area contributed by atoms with Crippen molar-refractivity contribution in [2.75, 3.05) is 32.2 Å². The van der Waals surface area contributed by atoms with E-state index in [9.17, 15) is 14.4 Å². The first-order chi connectivity index (χ1) is 18.7. The van der Waals surface area contributed by atoms with E-state index >= 15 is 0 Å². The van der Waals surface area contributed by atoms with E-state index in [0.717, 1.165) is 34.1 Å². The summed E-state index contributed by atoms with van der Waals surface area (Å²) in [6.07, 6.45) is 1.63. The number of carbonyl (C=O) groups is 3. The Morgan fingerprint density at radius 1 is 0.974 bits per heavy atom. The molecule has 0 atom stereocenters. The molecule has 1 aliphatic heterocycles. The Balaban J connectivity index is 1.36. The van der Waals surface area contributed by atoms with Gasteiger partial charge < -0.3 is 19.5 Å². The minimum atomic E-state index is -0.375. The number of hydrogen-bond donors (Lipinski definition) is 1. The molecule has 3 aromatic carbocycles. The molecule has 8 nitrogen and oxygen atoms in total. The summed E-state index contributed by atoms with van der Waals surface area (Å²) in [5.74, 6) is 0.797. The van der Waals surface area contributed by atoms with Crippen LogP contribution in [0.25, 0.3) is 6.08 Å². The predicted octanol–water partition coefficient (Wildman–Crippen LogP) is 5.75. The summed E-state index contributed by atoms with van der Waals surface area (Å²) in [4.78, 5) is 39.3. The fourth-order valence-corrected chi connectivity index (χ4v) is 4.78. The summed E-state index contributed by atoms with van der Waals surface area (Å²) in [7, 11) is 1.49. The first-order valence-electron chi connectivity index (χ1n) is 12.4. The first-order valence-corrected chi connectivity index (χ1v) is 13.2. The number of rotatable bonds is 10. The number of benzene rings is 3. The van der Waals surface area contributed by atoms with Gasteiger partial charge in [0, 0.05) is 5.69 Å². The van der Waals surface area contributed by atoms with E-state index < -0.39 is 0 Å². The van der Waals surface area contributed by atoms with Crippen molar-refractivity contribution in [3.8, 4) is 17.2 Å².